The first-order chi connectivity index (χ1) is 3.80. The summed E-state index contributed by atoms with van der Waals surface area (Å²) < 4.78 is 0. The summed E-state index contributed by atoms with van der Waals surface area (Å²) in [4.78, 5) is 10.1. The Morgan fingerprint density at radius 2 is 1.78 bits per heavy atom. The van der Waals surface area contributed by atoms with E-state index in [1.54, 1.807) is 0 Å². The van der Waals surface area contributed by atoms with Gasteiger partial charge < -0.3 is 5.73 Å². The van der Waals surface area contributed by atoms with E-state index in [4.69, 9.17) is 5.73 Å². The molecule has 0 radical (unpaired) electrons. The van der Waals surface area contributed by atoms with Crippen LogP contribution in [-0.2, 0) is 4.79 Å². The minimum atomic E-state index is -0.880. The van der Waals surface area contributed by atoms with Gasteiger partial charge in [0.25, 0.3) is 12.1 Å². The fraction of sp³-hybridized carbons (Fsp3) is 0.500. The normalized spacial score (nSPS) is 15.6. The van der Waals surface area contributed by atoms with Crippen LogP contribution >= 0.6 is 0 Å². The molecule has 0 aromatic heterocycles. The minimum absolute atomic E-state index is 0. The van der Waals surface area contributed by atoms with E-state index in [2.05, 4.69) is 20.7 Å². The van der Waals surface area contributed by atoms with Crippen LogP contribution in [-0.4, -0.2) is 41.6 Å². The molecule has 0 aromatic carbocycles. The van der Waals surface area contributed by atoms with Crippen molar-refractivity contribution in [1.82, 2.24) is 0 Å². The van der Waals surface area contributed by atoms with Gasteiger partial charge in [-0.15, -0.1) is 10.2 Å². The molecule has 0 unspecified atom stereocenters. The van der Waals surface area contributed by atoms with Crippen LogP contribution in [0, 0.1) is 0 Å². The van der Waals surface area contributed by atoms with Crippen LogP contribution in [0.3, 0.4) is 0 Å². The van der Waals surface area contributed by atoms with E-state index in [1.165, 1.54) is 0 Å². The van der Waals surface area contributed by atoms with Gasteiger partial charge in [-0.25, -0.2) is 0 Å². The predicted octanol–water partition coefficient (Wildman–Crippen LogP) is -1.02. The van der Waals surface area contributed by atoms with Crippen LogP contribution in [0.1, 0.15) is 0 Å². The van der Waals surface area contributed by atoms with Crippen LogP contribution < -0.4 is 5.73 Å². The molecule has 6 nitrogen and oxygen atoms in total. The molecule has 0 fully saturated rings. The first kappa shape index (κ1) is 8.67. The third-order valence-corrected chi connectivity index (χ3v) is 0.617. The van der Waals surface area contributed by atoms with Crippen LogP contribution in [0.2, 0.25) is 0 Å². The molecule has 0 spiro atoms. The topological polar surface area (TPSA) is 92.5 Å². The van der Waals surface area contributed by atoms with Gasteiger partial charge >= 0.3 is 29.6 Å². The van der Waals surface area contributed by atoms with Crippen molar-refractivity contribution in [2.24, 2.45) is 26.4 Å². The van der Waals surface area contributed by atoms with Crippen molar-refractivity contribution in [2.75, 3.05) is 0 Å². The van der Waals surface area contributed by atoms with Gasteiger partial charge in [0, 0.05) is 0 Å². The number of hydrogen-bond donors (Lipinski definition) is 1. The zero-order valence-electron chi connectivity index (χ0n) is 3.85. The number of primary amides is 1. The zero-order chi connectivity index (χ0) is 5.98. The number of nitrogens with two attached hydrogens (primary N) is 1. The van der Waals surface area contributed by atoms with Gasteiger partial charge in [-0.3, -0.25) is 4.79 Å². The van der Waals surface area contributed by atoms with E-state index in [-0.39, 0.29) is 29.6 Å². The van der Waals surface area contributed by atoms with Crippen molar-refractivity contribution < 1.29 is 4.79 Å². The Morgan fingerprint density at radius 3 is 2.00 bits per heavy atom. The van der Waals surface area contributed by atoms with Crippen LogP contribution in [0.25, 0.3) is 0 Å². The van der Waals surface area contributed by atoms with E-state index in [0.717, 1.165) is 0 Å². The fourth-order valence-corrected chi connectivity index (χ4v) is 0.281. The summed E-state index contributed by atoms with van der Waals surface area (Å²) in [5.74, 6) is -0.630. The van der Waals surface area contributed by atoms with Crippen LogP contribution in [0.4, 0.5) is 0 Å². The van der Waals surface area contributed by atoms with Crippen molar-refractivity contribution in [3.63, 3.8) is 0 Å². The molecule has 1 aliphatic heterocycles. The molecule has 0 saturated heterocycles. The molecule has 0 atom stereocenters. The van der Waals surface area contributed by atoms with Crippen molar-refractivity contribution in [3.8, 4) is 0 Å². The first-order valence-electron chi connectivity index (χ1n) is 1.90. The van der Waals surface area contributed by atoms with Crippen molar-refractivity contribution in [1.29, 1.82) is 0 Å². The van der Waals surface area contributed by atoms with E-state index in [0.29, 0.717) is 0 Å². The van der Waals surface area contributed by atoms with Crippen LogP contribution in [0.15, 0.2) is 20.7 Å². The predicted molar refractivity (Wildman–Crippen MR) is 29.8 cm³/mol. The number of carbonyl (C=O) groups excluding carboxylic acids is 1. The molecule has 0 bridgehead atoms. The average Bonchev–Trinajstić information content (AvgIpc) is 2.12. The molecule has 44 valence electrons. The summed E-state index contributed by atoms with van der Waals surface area (Å²) in [5, 5.41) is 12.6. The standard InChI is InChI=1S/C2H3N5O.Na.H/c3-1(8)2-4-6-7-5-2;;/h2H,(H2,3,8);;. The molecule has 2 N–H and O–H groups in total. The molecule has 1 amide bonds. The number of amides is 1. The molecular weight excluding hydrogens is 133 g/mol. The van der Waals surface area contributed by atoms with Gasteiger partial charge in [0.1, 0.15) is 0 Å². The summed E-state index contributed by atoms with van der Waals surface area (Å²) in [5.41, 5.74) is 4.75. The Balaban J connectivity index is 0.000000640. The SMILES string of the molecule is NC(=O)C1N=NN=N1.[NaH]. The number of hydrogen-bond acceptors (Lipinski definition) is 5. The third-order valence-electron chi connectivity index (χ3n) is 0.617. The summed E-state index contributed by atoms with van der Waals surface area (Å²) >= 11 is 0. The zero-order valence-corrected chi connectivity index (χ0v) is 3.85. The molecule has 0 aliphatic carbocycles. The van der Waals surface area contributed by atoms with Gasteiger partial charge in [-0.05, 0) is 10.4 Å². The maximum absolute atomic E-state index is 10.1. The Kier molecular flexibility index (Phi) is 3.52. The molecule has 1 aliphatic rings. The van der Waals surface area contributed by atoms with Crippen molar-refractivity contribution in [2.45, 2.75) is 6.17 Å². The van der Waals surface area contributed by atoms with Crippen LogP contribution in [0.5, 0.6) is 0 Å². The van der Waals surface area contributed by atoms with Gasteiger partial charge in [-0.2, -0.15) is 0 Å². The molecule has 0 aromatic rings. The fourth-order valence-electron chi connectivity index (χ4n) is 0.281. The maximum atomic E-state index is 10.1. The number of nitrogens with zero attached hydrogens (tertiary/aromatic N) is 4. The van der Waals surface area contributed by atoms with Gasteiger partial charge in [0.2, 0.25) is 0 Å². The van der Waals surface area contributed by atoms with E-state index in [1.807, 2.05) is 0 Å². The third kappa shape index (κ3) is 2.17. The summed E-state index contributed by atoms with van der Waals surface area (Å²) in [6.07, 6.45) is -0.880. The second-order valence-corrected chi connectivity index (χ2v) is 1.19. The van der Waals surface area contributed by atoms with Crippen molar-refractivity contribution in [3.05, 3.63) is 0 Å². The molecule has 1 rings (SSSR count). The van der Waals surface area contributed by atoms with Gasteiger partial charge in [0.15, 0.2) is 0 Å². The summed E-state index contributed by atoms with van der Waals surface area (Å²) in [7, 11) is 0. The van der Waals surface area contributed by atoms with E-state index in [9.17, 15) is 4.79 Å². The molecule has 7 heteroatoms. The molecular formula is C2H4N5NaO. The Morgan fingerprint density at radius 1 is 1.33 bits per heavy atom. The molecule has 9 heavy (non-hydrogen) atoms. The second-order valence-electron chi connectivity index (χ2n) is 1.19. The Hall–Kier alpha value is -0.330. The summed E-state index contributed by atoms with van der Waals surface area (Å²) in [6, 6.07) is 0. The number of rotatable bonds is 1. The van der Waals surface area contributed by atoms with E-state index < -0.39 is 12.1 Å². The second kappa shape index (κ2) is 3.65. The Labute approximate surface area is 72.9 Å². The quantitative estimate of drug-likeness (QED) is 0.460. The summed E-state index contributed by atoms with van der Waals surface area (Å²) in [6.45, 7) is 0. The van der Waals surface area contributed by atoms with Crippen molar-refractivity contribution >= 4 is 35.5 Å². The van der Waals surface area contributed by atoms with E-state index >= 15 is 0 Å². The monoisotopic (exact) mass is 137 g/mol. The first-order valence-corrected chi connectivity index (χ1v) is 1.90. The molecule has 0 saturated carbocycles. The van der Waals surface area contributed by atoms with Gasteiger partial charge in [-0.1, -0.05) is 0 Å². The Bertz CT molecular complexity index is 152. The number of carbonyl (C=O) groups is 1. The molecule has 1 heterocycles. The average molecular weight is 137 g/mol. The van der Waals surface area contributed by atoms with Gasteiger partial charge in [0.05, 0.1) is 0 Å².